The molecule has 5 N–H and O–H groups in total. The monoisotopic (exact) mass is 1340 g/mol. The third-order valence-corrected chi connectivity index (χ3v) is 15.8. The van der Waals surface area contributed by atoms with Crippen LogP contribution in [0, 0.1) is 69.2 Å². The van der Waals surface area contributed by atoms with E-state index in [2.05, 4.69) is 56.9 Å². The average molecular weight is 1340 g/mol. The lowest BCUT2D eigenvalue weighted by molar-refractivity contribution is -0.128. The van der Waals surface area contributed by atoms with E-state index >= 15 is 0 Å². The van der Waals surface area contributed by atoms with Gasteiger partial charge in [0.05, 0.1) is 25.8 Å². The second kappa shape index (κ2) is 32.3. The number of nitrogens with two attached hydrogens (primary N) is 1. The van der Waals surface area contributed by atoms with Crippen molar-refractivity contribution in [2.24, 2.45) is 46.8 Å². The van der Waals surface area contributed by atoms with Crippen LogP contribution in [0.15, 0.2) is 150 Å². The third kappa shape index (κ3) is 19.3. The van der Waals surface area contributed by atoms with Crippen molar-refractivity contribution in [1.82, 2.24) is 0 Å². The van der Waals surface area contributed by atoms with Gasteiger partial charge in [0, 0.05) is 17.1 Å². The van der Waals surface area contributed by atoms with E-state index in [0.717, 1.165) is 49.5 Å². The molecule has 4 unspecified atom stereocenters. The molecule has 482 valence electrons. The number of carbonyl (C=O) groups excluding carboxylic acids is 8. The molecule has 0 spiro atoms. The quantitative estimate of drug-likeness (QED) is 0.0174. The molecule has 0 saturated carbocycles. The number of nitrogens with zero attached hydrogens (tertiary/aromatic N) is 9. The number of aryl methyl sites for hydroxylation is 10. The maximum Gasteiger partial charge on any atom is 0.275 e. The van der Waals surface area contributed by atoms with Gasteiger partial charge in [0.25, 0.3) is 23.6 Å². The van der Waals surface area contributed by atoms with Crippen LogP contribution >= 0.6 is 46.4 Å². The molecule has 7 aromatic carbocycles. The number of azo groups is 4. The molecule has 0 aromatic heterocycles. The summed E-state index contributed by atoms with van der Waals surface area (Å²) in [6.07, 6.45) is 0. The summed E-state index contributed by atoms with van der Waals surface area (Å²) in [5, 5.41) is 42.4. The van der Waals surface area contributed by atoms with Crippen LogP contribution in [-0.4, -0.2) is 70.9 Å². The Hall–Kier alpha value is -9.38. The summed E-state index contributed by atoms with van der Waals surface area (Å²) < 4.78 is 0. The molecule has 4 amide bonds. The van der Waals surface area contributed by atoms with Crippen LogP contribution in [-0.2, 0) is 38.4 Å². The Bertz CT molecular complexity index is 4140. The summed E-state index contributed by atoms with van der Waals surface area (Å²) >= 11 is 25.4. The Morgan fingerprint density at radius 3 is 1.03 bits per heavy atom. The number of ketones is 4. The van der Waals surface area contributed by atoms with Crippen molar-refractivity contribution in [2.45, 2.75) is 121 Å². The highest BCUT2D eigenvalue weighted by atomic mass is 35.5. The van der Waals surface area contributed by atoms with Crippen LogP contribution in [0.25, 0.3) is 11.1 Å². The zero-order valence-corrected chi connectivity index (χ0v) is 56.6. The lowest BCUT2D eigenvalue weighted by Crippen LogP contribution is -2.46. The Morgan fingerprint density at radius 1 is 0.355 bits per heavy atom. The zero-order chi connectivity index (χ0) is 68.9. The Morgan fingerprint density at radius 2 is 0.667 bits per heavy atom. The molecule has 0 fully saturated rings. The number of benzene rings is 7. The molecule has 21 nitrogen and oxygen atoms in total. The van der Waals surface area contributed by atoms with Crippen molar-refractivity contribution in [1.29, 1.82) is 0 Å². The largest absolute Gasteiger partial charge is 0.324 e. The van der Waals surface area contributed by atoms with Gasteiger partial charge in [-0.25, -0.2) is 10.9 Å². The maximum absolute atomic E-state index is 13.2. The number of hydrogen-bond acceptors (Lipinski definition) is 17. The van der Waals surface area contributed by atoms with E-state index < -0.39 is 70.9 Å². The Labute approximate surface area is 558 Å². The number of Topliss-reactive ketones (excluding diaryl/α,β-unsaturated/α-hetero) is 4. The SMILES string of the molecule is CC(=O)C(N=Nc1cc(C)ccc1Cl)C(=O)Nc1cc(C)c(NC(=O)C(N=Nc2cc(C)ccc2Cl)C(C)=O)cc1C.CC(=O)C(N=Nc1ccc(-c2ccc(N=NC(C(C)=O)C(=O)N(N)c3cc(C)c(C)cc3C)c(Cl)c2)cc1Cl)C(=O)Nc1cc(C)c(C)cc1C. The summed E-state index contributed by atoms with van der Waals surface area (Å²) in [6, 6.07) is 25.3. The number of anilines is 4. The van der Waals surface area contributed by atoms with Crippen LogP contribution in [0.2, 0.25) is 20.1 Å². The molecule has 25 heteroatoms. The van der Waals surface area contributed by atoms with Crippen molar-refractivity contribution in [3.8, 4) is 11.1 Å². The van der Waals surface area contributed by atoms with Crippen molar-refractivity contribution in [3.05, 3.63) is 185 Å². The first-order valence-corrected chi connectivity index (χ1v) is 30.3. The highest BCUT2D eigenvalue weighted by molar-refractivity contribution is 6.34. The predicted octanol–water partition coefficient (Wildman–Crippen LogP) is 16.7. The Kier molecular flexibility index (Phi) is 25.2. The first kappa shape index (κ1) is 72.7. The fraction of sp³-hybridized carbons (Fsp3) is 0.265. The van der Waals surface area contributed by atoms with Crippen LogP contribution in [0.4, 0.5) is 45.5 Å². The standard InChI is InChI=1S/C38H39Cl2N7O4.C30H30Cl2N6O4/c1-19-13-23(5)33(15-21(19)3)42-37(50)35(25(7)48)45-43-31-11-9-27(17-29(31)39)28-10-12-32(30(40)18-28)44-46-36(26(8)49)38(51)47(41)34-16-22(4)20(2)14-24(34)6;1-15-7-9-21(31)25(11-15)35-37-27(19(5)39)29(41)33-23-13-18(4)24(14-17(23)3)34-30(42)28(20(6)40)38-36-26-12-16(2)8-10-22(26)32/h9-18,35-36H,41H2,1-8H3,(H,42,50);7-14,27-28H,1-6H3,(H,33,41)(H,34,42). The second-order valence-electron chi connectivity index (χ2n) is 22.3. The first-order valence-electron chi connectivity index (χ1n) is 28.8. The van der Waals surface area contributed by atoms with Crippen LogP contribution < -0.4 is 26.8 Å². The molecular formula is C68H69Cl4N13O8. The fourth-order valence-electron chi connectivity index (χ4n) is 8.91. The average Bonchev–Trinajstić information content (AvgIpc) is 1.01. The molecule has 0 heterocycles. The molecule has 0 bridgehead atoms. The maximum atomic E-state index is 13.2. The van der Waals surface area contributed by atoms with Gasteiger partial charge in [-0.1, -0.05) is 82.8 Å². The zero-order valence-electron chi connectivity index (χ0n) is 53.6. The van der Waals surface area contributed by atoms with E-state index in [1.54, 1.807) is 105 Å². The first-order chi connectivity index (χ1) is 43.7. The summed E-state index contributed by atoms with van der Waals surface area (Å²) in [4.78, 5) is 101. The third-order valence-electron chi connectivity index (χ3n) is 14.6. The molecule has 7 aromatic rings. The van der Waals surface area contributed by atoms with Crippen LogP contribution in [0.1, 0.15) is 83.3 Å². The van der Waals surface area contributed by atoms with E-state index in [4.69, 9.17) is 52.2 Å². The van der Waals surface area contributed by atoms with Crippen LogP contribution in [0.5, 0.6) is 0 Å². The molecule has 0 saturated heterocycles. The molecule has 0 aliphatic rings. The van der Waals surface area contributed by atoms with Gasteiger partial charge in [0.2, 0.25) is 24.2 Å². The number of hydrogen-bond donors (Lipinski definition) is 4. The topological polar surface area (TPSA) is 301 Å². The smallest absolute Gasteiger partial charge is 0.275 e. The lowest BCUT2D eigenvalue weighted by atomic mass is 10.0. The van der Waals surface area contributed by atoms with E-state index in [0.29, 0.717) is 66.4 Å². The van der Waals surface area contributed by atoms with Crippen molar-refractivity contribution in [2.75, 3.05) is 21.0 Å². The fourth-order valence-corrected chi connectivity index (χ4v) is 9.66. The second-order valence-corrected chi connectivity index (χ2v) is 23.9. The molecule has 0 radical (unpaired) electrons. The van der Waals surface area contributed by atoms with Crippen molar-refractivity contribution < 1.29 is 38.4 Å². The highest BCUT2D eigenvalue weighted by Gasteiger charge is 2.30. The molecular weight excluding hydrogens is 1270 g/mol. The number of amides is 4. The van der Waals surface area contributed by atoms with Crippen molar-refractivity contribution >= 4 is 139 Å². The summed E-state index contributed by atoms with van der Waals surface area (Å²) in [6.45, 7) is 23.6. The van der Waals surface area contributed by atoms with Gasteiger partial charge in [-0.2, -0.15) is 40.9 Å². The highest BCUT2D eigenvalue weighted by Crippen LogP contribution is 2.36. The number of nitrogens with one attached hydrogen (secondary N) is 3. The van der Waals surface area contributed by atoms with Gasteiger partial charge >= 0.3 is 0 Å². The Balaban J connectivity index is 0.000000301. The van der Waals surface area contributed by atoms with Gasteiger partial charge in [0.15, 0.2) is 23.1 Å². The predicted molar refractivity (Wildman–Crippen MR) is 365 cm³/mol. The number of carbonyl (C=O) groups is 8. The molecule has 0 aliphatic heterocycles. The number of halogens is 4. The summed E-state index contributed by atoms with van der Waals surface area (Å²) in [5.41, 5.74) is 13.0. The summed E-state index contributed by atoms with van der Waals surface area (Å²) in [7, 11) is 0. The van der Waals surface area contributed by atoms with E-state index in [-0.39, 0.29) is 21.4 Å². The van der Waals surface area contributed by atoms with Gasteiger partial charge in [-0.05, 0) is 236 Å². The minimum Gasteiger partial charge on any atom is -0.324 e. The van der Waals surface area contributed by atoms with Gasteiger partial charge in [0.1, 0.15) is 22.7 Å². The normalized spacial score (nSPS) is 12.7. The molecule has 93 heavy (non-hydrogen) atoms. The summed E-state index contributed by atoms with van der Waals surface area (Å²) in [5.74, 6) is 1.43. The van der Waals surface area contributed by atoms with Gasteiger partial charge in [-0.15, -0.1) is 0 Å². The lowest BCUT2D eigenvalue weighted by Gasteiger charge is -2.22. The van der Waals surface area contributed by atoms with E-state index in [1.165, 1.54) is 27.7 Å². The molecule has 7 rings (SSSR count). The van der Waals surface area contributed by atoms with Gasteiger partial charge in [-0.3, -0.25) is 38.4 Å². The van der Waals surface area contributed by atoms with Gasteiger partial charge < -0.3 is 16.0 Å². The van der Waals surface area contributed by atoms with Crippen molar-refractivity contribution in [3.63, 3.8) is 0 Å². The number of rotatable bonds is 21. The molecule has 4 atom stereocenters. The van der Waals surface area contributed by atoms with E-state index in [9.17, 15) is 38.4 Å². The number of hydrazine groups is 1. The van der Waals surface area contributed by atoms with E-state index in [1.807, 2.05) is 73.6 Å². The minimum atomic E-state index is -1.48. The van der Waals surface area contributed by atoms with Crippen LogP contribution in [0.3, 0.4) is 0 Å². The molecule has 0 aliphatic carbocycles. The minimum absolute atomic E-state index is 0.204.